The molecule has 1 amide bonds. The number of benzene rings is 2. The Morgan fingerprint density at radius 1 is 1.25 bits per heavy atom. The van der Waals surface area contributed by atoms with Gasteiger partial charge >= 0.3 is 0 Å². The Labute approximate surface area is 189 Å². The number of likely N-dealkylation sites (N-methyl/N-ethyl adjacent to an activating group) is 1. The van der Waals surface area contributed by atoms with Crippen molar-refractivity contribution in [3.8, 4) is 16.9 Å². The second kappa shape index (κ2) is 10.0. The molecule has 0 aliphatic carbocycles. The third-order valence-electron chi connectivity index (χ3n) is 6.84. The van der Waals surface area contributed by atoms with Crippen LogP contribution in [0, 0.1) is 5.82 Å². The number of methoxy groups -OCH3 is 1. The molecule has 1 N–H and O–H groups in total. The number of hydrogen-bond acceptors (Lipinski definition) is 4. The Bertz CT molecular complexity index is 925. The number of carbonyl (C=O) groups is 1. The van der Waals surface area contributed by atoms with Gasteiger partial charge in [0, 0.05) is 31.2 Å². The first-order chi connectivity index (χ1) is 15.5. The number of nitrogens with one attached hydrogen (secondary N) is 1. The summed E-state index contributed by atoms with van der Waals surface area (Å²) in [6, 6.07) is 12.8. The molecule has 2 aromatic rings. The van der Waals surface area contributed by atoms with E-state index in [9.17, 15) is 9.18 Å². The summed E-state index contributed by atoms with van der Waals surface area (Å²) in [5.74, 6) is 0.319. The molecular formula is C26H33FN2O3. The normalized spacial score (nSPS) is 23.4. The summed E-state index contributed by atoms with van der Waals surface area (Å²) in [4.78, 5) is 15.7. The Balaban J connectivity index is 1.46. The molecule has 0 bridgehead atoms. The van der Waals surface area contributed by atoms with E-state index >= 15 is 0 Å². The van der Waals surface area contributed by atoms with Gasteiger partial charge in [-0.3, -0.25) is 9.69 Å². The van der Waals surface area contributed by atoms with Gasteiger partial charge in [-0.15, -0.1) is 0 Å². The van der Waals surface area contributed by atoms with E-state index in [1.807, 2.05) is 24.3 Å². The molecule has 2 aromatic carbocycles. The zero-order valence-corrected chi connectivity index (χ0v) is 19.0. The molecule has 2 saturated heterocycles. The van der Waals surface area contributed by atoms with Crippen LogP contribution in [0.4, 0.5) is 4.39 Å². The minimum Gasteiger partial charge on any atom is -0.496 e. The van der Waals surface area contributed by atoms with Gasteiger partial charge in [0.2, 0.25) is 0 Å². The van der Waals surface area contributed by atoms with Crippen LogP contribution in [0.15, 0.2) is 42.5 Å². The fourth-order valence-electron chi connectivity index (χ4n) is 5.05. The van der Waals surface area contributed by atoms with Crippen molar-refractivity contribution in [1.82, 2.24) is 10.2 Å². The zero-order chi connectivity index (χ0) is 22.6. The number of nitrogens with zero attached hydrogens (tertiary/aromatic N) is 1. The molecule has 5 nitrogen and oxygen atoms in total. The number of rotatable bonds is 8. The Morgan fingerprint density at radius 3 is 2.75 bits per heavy atom. The van der Waals surface area contributed by atoms with Crippen LogP contribution in [0.25, 0.3) is 11.1 Å². The van der Waals surface area contributed by atoms with E-state index in [0.29, 0.717) is 36.9 Å². The van der Waals surface area contributed by atoms with Crippen molar-refractivity contribution in [2.24, 2.45) is 0 Å². The topological polar surface area (TPSA) is 50.8 Å². The first-order valence-corrected chi connectivity index (χ1v) is 11.6. The second-order valence-electron chi connectivity index (χ2n) is 8.80. The lowest BCUT2D eigenvalue weighted by Gasteiger charge is -2.29. The lowest BCUT2D eigenvalue weighted by Crippen LogP contribution is -2.51. The van der Waals surface area contributed by atoms with E-state index in [0.717, 1.165) is 43.5 Å². The summed E-state index contributed by atoms with van der Waals surface area (Å²) in [7, 11) is 1.58. The highest BCUT2D eigenvalue weighted by Gasteiger charge is 2.43. The van der Waals surface area contributed by atoms with E-state index < -0.39 is 5.60 Å². The molecule has 0 spiro atoms. The minimum atomic E-state index is -0.812. The monoisotopic (exact) mass is 440 g/mol. The van der Waals surface area contributed by atoms with Crippen molar-refractivity contribution in [3.63, 3.8) is 0 Å². The van der Waals surface area contributed by atoms with E-state index in [1.54, 1.807) is 13.2 Å². The minimum absolute atomic E-state index is 0.00571. The van der Waals surface area contributed by atoms with Gasteiger partial charge in [0.1, 0.15) is 11.6 Å². The van der Waals surface area contributed by atoms with Gasteiger partial charge < -0.3 is 14.8 Å². The predicted octanol–water partition coefficient (Wildman–Crippen LogP) is 4.19. The van der Waals surface area contributed by atoms with Crippen LogP contribution < -0.4 is 10.1 Å². The van der Waals surface area contributed by atoms with Gasteiger partial charge in [-0.1, -0.05) is 31.2 Å². The molecular weight excluding hydrogens is 407 g/mol. The highest BCUT2D eigenvalue weighted by molar-refractivity contribution is 5.86. The third kappa shape index (κ3) is 4.81. The van der Waals surface area contributed by atoms with Crippen molar-refractivity contribution >= 4 is 5.91 Å². The maximum Gasteiger partial charge on any atom is 0.252 e. The zero-order valence-electron chi connectivity index (χ0n) is 19.0. The molecule has 172 valence electrons. The highest BCUT2D eigenvalue weighted by Crippen LogP contribution is 2.33. The van der Waals surface area contributed by atoms with Crippen molar-refractivity contribution in [3.05, 3.63) is 53.8 Å². The highest BCUT2D eigenvalue weighted by atomic mass is 19.1. The van der Waals surface area contributed by atoms with Crippen molar-refractivity contribution in [2.45, 2.75) is 50.7 Å². The second-order valence-corrected chi connectivity index (χ2v) is 8.80. The van der Waals surface area contributed by atoms with Crippen LogP contribution in [-0.2, 0) is 16.0 Å². The number of hydrogen-bond donors (Lipinski definition) is 1. The standard InChI is InChI=1S/C26H33FN2O3/c1-3-29-14-4-6-22(29)18-28-25(30)26(13-5-15-32-26)17-19-7-9-20(10-8-19)23-16-21(27)11-12-24(23)31-2/h7-12,16,22H,3-6,13-15,17-18H2,1-2H3,(H,28,30)/t22-,26-/m1/s1. The molecule has 2 atom stereocenters. The quantitative estimate of drug-likeness (QED) is 0.669. The Morgan fingerprint density at radius 2 is 2.06 bits per heavy atom. The lowest BCUT2D eigenvalue weighted by molar-refractivity contribution is -0.141. The number of halogens is 1. The fraction of sp³-hybridized carbons (Fsp3) is 0.500. The number of likely N-dealkylation sites (tertiary alicyclic amines) is 1. The summed E-state index contributed by atoms with van der Waals surface area (Å²) < 4.78 is 25.2. The summed E-state index contributed by atoms with van der Waals surface area (Å²) in [5, 5.41) is 3.19. The molecule has 0 aromatic heterocycles. The summed E-state index contributed by atoms with van der Waals surface area (Å²) in [6.07, 6.45) is 4.46. The maximum atomic E-state index is 13.8. The van der Waals surface area contributed by atoms with Gasteiger partial charge in [-0.2, -0.15) is 0 Å². The van der Waals surface area contributed by atoms with Gasteiger partial charge in [0.25, 0.3) is 5.91 Å². The van der Waals surface area contributed by atoms with Crippen molar-refractivity contribution in [2.75, 3.05) is 33.4 Å². The lowest BCUT2D eigenvalue weighted by atomic mass is 9.89. The van der Waals surface area contributed by atoms with E-state index in [1.165, 1.54) is 18.6 Å². The Hall–Kier alpha value is -2.44. The van der Waals surface area contributed by atoms with Crippen LogP contribution in [0.2, 0.25) is 0 Å². The van der Waals surface area contributed by atoms with Crippen LogP contribution in [-0.4, -0.2) is 55.8 Å². The van der Waals surface area contributed by atoms with E-state index in [-0.39, 0.29) is 11.7 Å². The molecule has 0 radical (unpaired) electrons. The number of amides is 1. The van der Waals surface area contributed by atoms with Crippen LogP contribution in [0.1, 0.15) is 38.2 Å². The molecule has 4 rings (SSSR count). The summed E-state index contributed by atoms with van der Waals surface area (Å²) in [6.45, 7) is 5.59. The first kappa shape index (κ1) is 22.7. The molecule has 2 heterocycles. The van der Waals surface area contributed by atoms with Crippen molar-refractivity contribution in [1.29, 1.82) is 0 Å². The van der Waals surface area contributed by atoms with Crippen LogP contribution >= 0.6 is 0 Å². The summed E-state index contributed by atoms with van der Waals surface area (Å²) >= 11 is 0. The fourth-order valence-corrected chi connectivity index (χ4v) is 5.05. The molecule has 2 aliphatic rings. The average Bonchev–Trinajstić information content (AvgIpc) is 3.48. The molecule has 2 aliphatic heterocycles. The maximum absolute atomic E-state index is 13.8. The van der Waals surface area contributed by atoms with E-state index in [4.69, 9.17) is 9.47 Å². The van der Waals surface area contributed by atoms with Crippen molar-refractivity contribution < 1.29 is 18.7 Å². The largest absolute Gasteiger partial charge is 0.496 e. The number of ether oxygens (including phenoxy) is 2. The van der Waals surface area contributed by atoms with Gasteiger partial charge in [0.15, 0.2) is 5.60 Å². The average molecular weight is 441 g/mol. The summed E-state index contributed by atoms with van der Waals surface area (Å²) in [5.41, 5.74) is 1.79. The third-order valence-corrected chi connectivity index (χ3v) is 6.84. The van der Waals surface area contributed by atoms with Crippen LogP contribution in [0.3, 0.4) is 0 Å². The van der Waals surface area contributed by atoms with Crippen LogP contribution in [0.5, 0.6) is 5.75 Å². The SMILES string of the molecule is CCN1CCC[C@@H]1CNC(=O)[C@]1(Cc2ccc(-c3cc(F)ccc3OC)cc2)CCCO1. The smallest absolute Gasteiger partial charge is 0.252 e. The van der Waals surface area contributed by atoms with E-state index in [2.05, 4.69) is 17.1 Å². The first-order valence-electron chi connectivity index (χ1n) is 11.6. The molecule has 6 heteroatoms. The Kier molecular flexibility index (Phi) is 7.11. The predicted molar refractivity (Wildman–Crippen MR) is 123 cm³/mol. The molecule has 0 saturated carbocycles. The van der Waals surface area contributed by atoms with Gasteiger partial charge in [-0.25, -0.2) is 4.39 Å². The van der Waals surface area contributed by atoms with Gasteiger partial charge in [-0.05, 0) is 68.1 Å². The molecule has 2 fully saturated rings. The number of carbonyl (C=O) groups excluding carboxylic acids is 1. The molecule has 32 heavy (non-hydrogen) atoms. The van der Waals surface area contributed by atoms with Gasteiger partial charge in [0.05, 0.1) is 7.11 Å². The molecule has 0 unspecified atom stereocenters.